The first-order valence-electron chi connectivity index (χ1n) is 7.98. The van der Waals surface area contributed by atoms with Crippen molar-refractivity contribution < 1.29 is 4.74 Å². The van der Waals surface area contributed by atoms with Crippen LogP contribution in [0.15, 0.2) is 55.1 Å². The maximum absolute atomic E-state index is 5.53. The number of hydrogen-bond donors (Lipinski definition) is 2. The van der Waals surface area contributed by atoms with Gasteiger partial charge in [0.15, 0.2) is 5.11 Å². The van der Waals surface area contributed by atoms with E-state index in [4.69, 9.17) is 17.0 Å². The third-order valence-corrected chi connectivity index (χ3v) is 3.92. The van der Waals surface area contributed by atoms with Crippen LogP contribution in [0.3, 0.4) is 0 Å². The van der Waals surface area contributed by atoms with Crippen LogP contribution in [0.25, 0.3) is 0 Å². The van der Waals surface area contributed by atoms with Gasteiger partial charge < -0.3 is 15.4 Å². The summed E-state index contributed by atoms with van der Waals surface area (Å²) in [5.41, 5.74) is 4.66. The van der Waals surface area contributed by atoms with Gasteiger partial charge in [0.25, 0.3) is 0 Å². The Labute approximate surface area is 149 Å². The van der Waals surface area contributed by atoms with Crippen molar-refractivity contribution in [2.24, 2.45) is 0 Å². The Bertz CT molecular complexity index is 727. The summed E-state index contributed by atoms with van der Waals surface area (Å²) in [4.78, 5) is 0. The number of ether oxygens (including phenoxy) is 1. The fourth-order valence-corrected chi connectivity index (χ4v) is 2.87. The van der Waals surface area contributed by atoms with Crippen LogP contribution in [-0.4, -0.2) is 11.7 Å². The van der Waals surface area contributed by atoms with Crippen molar-refractivity contribution in [2.45, 2.75) is 26.8 Å². The maximum atomic E-state index is 5.53. The van der Waals surface area contributed by atoms with Gasteiger partial charge >= 0.3 is 0 Å². The molecule has 0 saturated carbocycles. The molecule has 0 heterocycles. The highest BCUT2D eigenvalue weighted by atomic mass is 32.1. The average Bonchev–Trinajstić information content (AvgIpc) is 2.53. The second kappa shape index (κ2) is 8.50. The summed E-state index contributed by atoms with van der Waals surface area (Å²) in [6.07, 6.45) is 1.72. The Kier molecular flexibility index (Phi) is 6.38. The van der Waals surface area contributed by atoms with Crippen molar-refractivity contribution in [3.63, 3.8) is 0 Å². The number of benzene rings is 2. The van der Waals surface area contributed by atoms with E-state index in [0.29, 0.717) is 11.7 Å². The molecule has 0 amide bonds. The molecule has 1 atom stereocenters. The molecule has 2 aromatic rings. The highest BCUT2D eigenvalue weighted by Crippen LogP contribution is 2.20. The lowest BCUT2D eigenvalue weighted by Crippen LogP contribution is -2.31. The normalized spacial score (nSPS) is 11.5. The van der Waals surface area contributed by atoms with Gasteiger partial charge in [-0.3, -0.25) is 0 Å². The standard InChI is InChI=1S/C20H24N2OS/c1-5-11-23-18-8-6-7-17(13-18)22-20(24)21-16(4)19-10-9-14(2)12-15(19)3/h5-10,12-13,16H,1,11H2,2-4H3,(H2,21,22,24). The molecule has 1 unspecified atom stereocenters. The molecule has 2 N–H and O–H groups in total. The molecule has 0 aromatic heterocycles. The first kappa shape index (κ1) is 18.0. The van der Waals surface area contributed by atoms with Gasteiger partial charge in [0.2, 0.25) is 0 Å². The van der Waals surface area contributed by atoms with Crippen LogP contribution < -0.4 is 15.4 Å². The molecule has 0 radical (unpaired) electrons. The van der Waals surface area contributed by atoms with Gasteiger partial charge in [0.1, 0.15) is 12.4 Å². The van der Waals surface area contributed by atoms with E-state index in [9.17, 15) is 0 Å². The van der Waals surface area contributed by atoms with Crippen LogP contribution in [0, 0.1) is 13.8 Å². The van der Waals surface area contributed by atoms with E-state index in [1.165, 1.54) is 16.7 Å². The lowest BCUT2D eigenvalue weighted by atomic mass is 10.0. The fourth-order valence-electron chi connectivity index (χ4n) is 2.57. The van der Waals surface area contributed by atoms with E-state index in [-0.39, 0.29) is 6.04 Å². The Morgan fingerprint density at radius 3 is 2.75 bits per heavy atom. The summed E-state index contributed by atoms with van der Waals surface area (Å²) in [6.45, 7) is 10.5. The first-order valence-corrected chi connectivity index (χ1v) is 8.39. The van der Waals surface area contributed by atoms with Crippen molar-refractivity contribution in [2.75, 3.05) is 11.9 Å². The smallest absolute Gasteiger partial charge is 0.171 e. The zero-order valence-electron chi connectivity index (χ0n) is 14.4. The molecule has 2 rings (SSSR count). The SMILES string of the molecule is C=CCOc1cccc(NC(=S)NC(C)c2ccc(C)cc2C)c1. The Morgan fingerprint density at radius 1 is 1.25 bits per heavy atom. The summed E-state index contributed by atoms with van der Waals surface area (Å²) in [7, 11) is 0. The van der Waals surface area contributed by atoms with Crippen molar-refractivity contribution in [1.29, 1.82) is 0 Å². The van der Waals surface area contributed by atoms with Gasteiger partial charge in [-0.25, -0.2) is 0 Å². The summed E-state index contributed by atoms with van der Waals surface area (Å²) >= 11 is 5.43. The summed E-state index contributed by atoms with van der Waals surface area (Å²) in [5, 5.41) is 7.12. The predicted molar refractivity (Wildman–Crippen MR) is 106 cm³/mol. The molecule has 3 nitrogen and oxygen atoms in total. The van der Waals surface area contributed by atoms with Gasteiger partial charge in [-0.05, 0) is 56.2 Å². The molecular weight excluding hydrogens is 316 g/mol. The summed E-state index contributed by atoms with van der Waals surface area (Å²) in [5.74, 6) is 0.783. The van der Waals surface area contributed by atoms with Crippen molar-refractivity contribution >= 4 is 23.0 Å². The van der Waals surface area contributed by atoms with E-state index in [2.05, 4.69) is 56.2 Å². The lowest BCUT2D eigenvalue weighted by Gasteiger charge is -2.19. The van der Waals surface area contributed by atoms with Crippen molar-refractivity contribution in [3.8, 4) is 5.75 Å². The largest absolute Gasteiger partial charge is 0.489 e. The molecule has 0 saturated heterocycles. The number of nitrogens with one attached hydrogen (secondary N) is 2. The minimum atomic E-state index is 0.130. The summed E-state index contributed by atoms with van der Waals surface area (Å²) in [6, 6.07) is 14.3. The van der Waals surface area contributed by atoms with Gasteiger partial charge in [0.05, 0.1) is 6.04 Å². The summed E-state index contributed by atoms with van der Waals surface area (Å²) < 4.78 is 5.53. The van der Waals surface area contributed by atoms with Crippen molar-refractivity contribution in [1.82, 2.24) is 5.32 Å². The van der Waals surface area contributed by atoms with Crippen LogP contribution in [0.2, 0.25) is 0 Å². The lowest BCUT2D eigenvalue weighted by molar-refractivity contribution is 0.363. The molecule has 0 spiro atoms. The number of thiocarbonyl (C=S) groups is 1. The highest BCUT2D eigenvalue weighted by Gasteiger charge is 2.10. The molecule has 0 fully saturated rings. The first-order chi connectivity index (χ1) is 11.5. The Morgan fingerprint density at radius 2 is 2.04 bits per heavy atom. The second-order valence-corrected chi connectivity index (χ2v) is 6.22. The third kappa shape index (κ3) is 5.10. The third-order valence-electron chi connectivity index (χ3n) is 3.70. The zero-order chi connectivity index (χ0) is 17.5. The zero-order valence-corrected chi connectivity index (χ0v) is 15.2. The molecular formula is C20H24N2OS. The van der Waals surface area contributed by atoms with E-state index >= 15 is 0 Å². The molecule has 0 aliphatic carbocycles. The van der Waals surface area contributed by atoms with Gasteiger partial charge in [-0.2, -0.15) is 0 Å². The van der Waals surface area contributed by atoms with E-state index in [0.717, 1.165) is 11.4 Å². The molecule has 126 valence electrons. The van der Waals surface area contributed by atoms with E-state index in [1.54, 1.807) is 6.08 Å². The molecule has 2 aromatic carbocycles. The minimum absolute atomic E-state index is 0.130. The number of anilines is 1. The van der Waals surface area contributed by atoms with Crippen LogP contribution in [0.5, 0.6) is 5.75 Å². The van der Waals surface area contributed by atoms with Gasteiger partial charge in [0, 0.05) is 11.8 Å². The molecule has 0 aliphatic heterocycles. The number of hydrogen-bond acceptors (Lipinski definition) is 2. The maximum Gasteiger partial charge on any atom is 0.171 e. The number of rotatable bonds is 6. The average molecular weight is 340 g/mol. The van der Waals surface area contributed by atoms with Crippen LogP contribution in [0.1, 0.15) is 29.7 Å². The van der Waals surface area contributed by atoms with Gasteiger partial charge in [-0.1, -0.05) is 42.5 Å². The molecule has 0 bridgehead atoms. The molecule has 24 heavy (non-hydrogen) atoms. The van der Waals surface area contributed by atoms with Crippen molar-refractivity contribution in [3.05, 3.63) is 71.8 Å². The fraction of sp³-hybridized carbons (Fsp3) is 0.250. The second-order valence-electron chi connectivity index (χ2n) is 5.81. The molecule has 0 aliphatic rings. The predicted octanol–water partition coefficient (Wildman–Crippen LogP) is 4.92. The van der Waals surface area contributed by atoms with E-state index in [1.807, 2.05) is 24.3 Å². The molecule has 4 heteroatoms. The van der Waals surface area contributed by atoms with E-state index < -0.39 is 0 Å². The topological polar surface area (TPSA) is 33.3 Å². The number of aryl methyl sites for hydroxylation is 2. The Hall–Kier alpha value is -2.33. The monoisotopic (exact) mass is 340 g/mol. The minimum Gasteiger partial charge on any atom is -0.489 e. The van der Waals surface area contributed by atoms with Crippen LogP contribution in [-0.2, 0) is 0 Å². The Balaban J connectivity index is 1.98. The van der Waals surface area contributed by atoms with Crippen LogP contribution in [0.4, 0.5) is 5.69 Å². The highest BCUT2D eigenvalue weighted by molar-refractivity contribution is 7.80. The quantitative estimate of drug-likeness (QED) is 0.578. The van der Waals surface area contributed by atoms with Crippen LogP contribution >= 0.6 is 12.2 Å². The van der Waals surface area contributed by atoms with Gasteiger partial charge in [-0.15, -0.1) is 0 Å².